The van der Waals surface area contributed by atoms with E-state index in [2.05, 4.69) is 16.0 Å². The maximum atomic E-state index is 13.1. The van der Waals surface area contributed by atoms with E-state index in [1.807, 2.05) is 0 Å². The molecule has 0 atom stereocenters. The zero-order valence-corrected chi connectivity index (χ0v) is 22.0. The van der Waals surface area contributed by atoms with Crippen molar-refractivity contribution in [2.24, 2.45) is 0 Å². The van der Waals surface area contributed by atoms with E-state index in [1.54, 1.807) is 84.9 Å². The maximum absolute atomic E-state index is 13.1. The molecule has 3 N–H and O–H groups in total. The number of hydrogen-bond acceptors (Lipinski definition) is 7. The molecule has 2 heterocycles. The Morgan fingerprint density at radius 2 is 1.55 bits per heavy atom. The van der Waals surface area contributed by atoms with E-state index in [1.165, 1.54) is 24.1 Å². The summed E-state index contributed by atoms with van der Waals surface area (Å²) in [4.78, 5) is 39.0. The van der Waals surface area contributed by atoms with Gasteiger partial charge in [0.2, 0.25) is 5.91 Å². The number of carbonyl (C=O) groups is 3. The molecule has 0 radical (unpaired) electrons. The van der Waals surface area contributed by atoms with Gasteiger partial charge < -0.3 is 29.8 Å². The second-order valence-corrected chi connectivity index (χ2v) is 9.62. The third kappa shape index (κ3) is 7.12. The van der Waals surface area contributed by atoms with Gasteiger partial charge in [-0.15, -0.1) is 11.8 Å². The average molecular weight is 556 g/mol. The molecule has 3 amide bonds. The molecule has 1 aliphatic heterocycles. The summed E-state index contributed by atoms with van der Waals surface area (Å²) in [6, 6.07) is 24.3. The van der Waals surface area contributed by atoms with E-state index >= 15 is 0 Å². The van der Waals surface area contributed by atoms with Crippen molar-refractivity contribution < 1.29 is 28.3 Å². The van der Waals surface area contributed by atoms with Crippen LogP contribution < -0.4 is 25.4 Å². The molecule has 3 aromatic carbocycles. The summed E-state index contributed by atoms with van der Waals surface area (Å²) < 4.78 is 16.4. The van der Waals surface area contributed by atoms with Crippen LogP contribution in [0.2, 0.25) is 0 Å². The van der Waals surface area contributed by atoms with Crippen molar-refractivity contribution in [2.75, 3.05) is 29.6 Å². The molecule has 0 bridgehead atoms. The van der Waals surface area contributed by atoms with Gasteiger partial charge in [-0.05, 0) is 60.7 Å². The molecular weight excluding hydrogens is 530 g/mol. The first-order chi connectivity index (χ1) is 19.5. The molecule has 10 heteroatoms. The first-order valence-electron chi connectivity index (χ1n) is 12.4. The van der Waals surface area contributed by atoms with Crippen LogP contribution in [0.15, 0.2) is 106 Å². The summed E-state index contributed by atoms with van der Waals surface area (Å²) in [6.07, 6.45) is 2.94. The normalized spacial score (nSPS) is 12.3. The zero-order valence-electron chi connectivity index (χ0n) is 21.2. The van der Waals surface area contributed by atoms with E-state index in [-0.39, 0.29) is 17.4 Å². The SMILES string of the molecule is O=C(CSc1ccc(NC(=O)/C(=C/c2ccco2)NC(=O)c2ccccc2)cc1)Nc1ccc2c(c1)OCCO2. The second-order valence-electron chi connectivity index (χ2n) is 8.57. The molecule has 202 valence electrons. The number of nitrogens with one attached hydrogen (secondary N) is 3. The lowest BCUT2D eigenvalue weighted by molar-refractivity contribution is -0.114. The van der Waals surface area contributed by atoms with Crippen LogP contribution in [0.1, 0.15) is 16.1 Å². The topological polar surface area (TPSA) is 119 Å². The molecule has 0 fully saturated rings. The first-order valence-corrected chi connectivity index (χ1v) is 13.4. The molecule has 0 unspecified atom stereocenters. The van der Waals surface area contributed by atoms with Crippen LogP contribution in [-0.2, 0) is 9.59 Å². The van der Waals surface area contributed by atoms with Crippen LogP contribution in [0.4, 0.5) is 11.4 Å². The summed E-state index contributed by atoms with van der Waals surface area (Å²) in [5.74, 6) is 0.779. The molecule has 9 nitrogen and oxygen atoms in total. The highest BCUT2D eigenvalue weighted by atomic mass is 32.2. The van der Waals surface area contributed by atoms with Gasteiger partial charge >= 0.3 is 0 Å². The number of furan rings is 1. The number of hydrogen-bond donors (Lipinski definition) is 3. The van der Waals surface area contributed by atoms with Gasteiger partial charge in [0, 0.05) is 34.0 Å². The number of thioether (sulfide) groups is 1. The lowest BCUT2D eigenvalue weighted by Gasteiger charge is -2.19. The number of anilines is 2. The summed E-state index contributed by atoms with van der Waals surface area (Å²) >= 11 is 1.36. The van der Waals surface area contributed by atoms with Gasteiger partial charge in [0.1, 0.15) is 24.7 Å². The van der Waals surface area contributed by atoms with Crippen molar-refractivity contribution >= 4 is 46.9 Å². The van der Waals surface area contributed by atoms with Crippen LogP contribution in [0.3, 0.4) is 0 Å². The second kappa shape index (κ2) is 12.7. The predicted octanol–water partition coefficient (Wildman–Crippen LogP) is 5.19. The van der Waals surface area contributed by atoms with Gasteiger partial charge in [0.15, 0.2) is 11.5 Å². The Hall–Kier alpha value is -4.96. The van der Waals surface area contributed by atoms with Gasteiger partial charge in [-0.25, -0.2) is 0 Å². The van der Waals surface area contributed by atoms with Crippen molar-refractivity contribution in [3.05, 3.63) is 108 Å². The first kappa shape index (κ1) is 26.6. The van der Waals surface area contributed by atoms with Gasteiger partial charge in [-0.2, -0.15) is 0 Å². The fraction of sp³-hybridized carbons (Fsp3) is 0.100. The van der Waals surface area contributed by atoms with E-state index < -0.39 is 11.8 Å². The monoisotopic (exact) mass is 555 g/mol. The quantitative estimate of drug-likeness (QED) is 0.192. The highest BCUT2D eigenvalue weighted by Gasteiger charge is 2.16. The van der Waals surface area contributed by atoms with Crippen molar-refractivity contribution in [3.8, 4) is 11.5 Å². The number of benzene rings is 3. The smallest absolute Gasteiger partial charge is 0.272 e. The van der Waals surface area contributed by atoms with E-state index in [0.29, 0.717) is 47.4 Å². The fourth-order valence-electron chi connectivity index (χ4n) is 3.76. The van der Waals surface area contributed by atoms with Crippen LogP contribution in [0.25, 0.3) is 6.08 Å². The number of fused-ring (bicyclic) bond motifs is 1. The third-order valence-electron chi connectivity index (χ3n) is 5.67. The Bertz CT molecular complexity index is 1520. The molecule has 1 aromatic heterocycles. The number of amides is 3. The number of ether oxygens (including phenoxy) is 2. The van der Waals surface area contributed by atoms with Gasteiger partial charge in [0.05, 0.1) is 12.0 Å². The molecule has 0 spiro atoms. The lowest BCUT2D eigenvalue weighted by Crippen LogP contribution is -2.30. The Balaban J connectivity index is 1.17. The molecule has 0 saturated carbocycles. The largest absolute Gasteiger partial charge is 0.486 e. The van der Waals surface area contributed by atoms with Gasteiger partial charge in [0.25, 0.3) is 11.8 Å². The highest BCUT2D eigenvalue weighted by Crippen LogP contribution is 2.32. The van der Waals surface area contributed by atoms with Crippen molar-refractivity contribution in [1.82, 2.24) is 5.32 Å². The molecule has 5 rings (SSSR count). The molecular formula is C30H25N3O6S. The minimum Gasteiger partial charge on any atom is -0.486 e. The van der Waals surface area contributed by atoms with E-state index in [0.717, 1.165) is 4.90 Å². The van der Waals surface area contributed by atoms with Crippen molar-refractivity contribution in [2.45, 2.75) is 4.90 Å². The summed E-state index contributed by atoms with van der Waals surface area (Å²) in [6.45, 7) is 0.978. The Labute approximate surface area is 234 Å². The Morgan fingerprint density at radius 3 is 2.30 bits per heavy atom. The Morgan fingerprint density at radius 1 is 0.800 bits per heavy atom. The lowest BCUT2D eigenvalue weighted by atomic mass is 10.2. The highest BCUT2D eigenvalue weighted by molar-refractivity contribution is 8.00. The molecule has 40 heavy (non-hydrogen) atoms. The van der Waals surface area contributed by atoms with Gasteiger partial charge in [-0.3, -0.25) is 14.4 Å². The predicted molar refractivity (Wildman–Crippen MR) is 152 cm³/mol. The van der Waals surface area contributed by atoms with E-state index in [9.17, 15) is 14.4 Å². The maximum Gasteiger partial charge on any atom is 0.272 e. The van der Waals surface area contributed by atoms with Crippen molar-refractivity contribution in [3.63, 3.8) is 0 Å². The fourth-order valence-corrected chi connectivity index (χ4v) is 4.46. The van der Waals surface area contributed by atoms with Crippen LogP contribution in [0, 0.1) is 0 Å². The van der Waals surface area contributed by atoms with E-state index in [4.69, 9.17) is 13.9 Å². The molecule has 0 saturated heterocycles. The Kier molecular flexibility index (Phi) is 8.47. The van der Waals surface area contributed by atoms with Crippen LogP contribution >= 0.6 is 11.8 Å². The minimum atomic E-state index is -0.514. The summed E-state index contributed by atoms with van der Waals surface area (Å²) in [7, 11) is 0. The number of carbonyl (C=O) groups excluding carboxylic acids is 3. The zero-order chi connectivity index (χ0) is 27.7. The molecule has 4 aromatic rings. The van der Waals surface area contributed by atoms with Crippen molar-refractivity contribution in [1.29, 1.82) is 0 Å². The van der Waals surface area contributed by atoms with Crippen LogP contribution in [-0.4, -0.2) is 36.7 Å². The molecule has 1 aliphatic rings. The summed E-state index contributed by atoms with van der Waals surface area (Å²) in [5, 5.41) is 8.30. The minimum absolute atomic E-state index is 0.0260. The number of rotatable bonds is 9. The van der Waals surface area contributed by atoms with Crippen LogP contribution in [0.5, 0.6) is 11.5 Å². The summed E-state index contributed by atoms with van der Waals surface area (Å²) in [5.41, 5.74) is 1.60. The van der Waals surface area contributed by atoms with Gasteiger partial charge in [-0.1, -0.05) is 18.2 Å². The standard InChI is InChI=1S/C30H25N3O6S/c34-28(31-22-10-13-26-27(17-22)39-16-15-38-26)19-40-24-11-8-21(9-12-24)32-30(36)25(18-23-7-4-14-37-23)33-29(35)20-5-2-1-3-6-20/h1-14,17-18H,15-16,19H2,(H,31,34)(H,32,36)(H,33,35)/b25-18-. The molecule has 0 aliphatic carbocycles. The average Bonchev–Trinajstić information content (AvgIpc) is 3.50. The third-order valence-corrected chi connectivity index (χ3v) is 6.68.